The van der Waals surface area contributed by atoms with Crippen LogP contribution in [0.4, 0.5) is 13.9 Å². The molecular weight excluding hydrogens is 520 g/mol. The number of halogens is 2. The van der Waals surface area contributed by atoms with E-state index in [2.05, 4.69) is 42.4 Å². The van der Waals surface area contributed by atoms with Crippen LogP contribution in [0.1, 0.15) is 40.3 Å². The summed E-state index contributed by atoms with van der Waals surface area (Å²) in [5, 5.41) is 15.7. The van der Waals surface area contributed by atoms with Gasteiger partial charge in [0.25, 0.3) is 12.3 Å². The molecule has 1 aliphatic rings. The summed E-state index contributed by atoms with van der Waals surface area (Å²) in [6.45, 7) is 0. The van der Waals surface area contributed by atoms with Gasteiger partial charge in [0.05, 0.1) is 30.8 Å². The van der Waals surface area contributed by atoms with Crippen molar-refractivity contribution in [3.8, 4) is 40.0 Å². The molecule has 0 spiro atoms. The molecule has 0 bridgehead atoms. The Morgan fingerprint density at radius 2 is 2.05 bits per heavy atom. The van der Waals surface area contributed by atoms with Gasteiger partial charge in [-0.3, -0.25) is 20.1 Å². The fourth-order valence-corrected chi connectivity index (χ4v) is 4.35. The van der Waals surface area contributed by atoms with Crippen molar-refractivity contribution in [1.29, 1.82) is 0 Å². The number of ether oxygens (including phenoxy) is 1. The molecule has 5 rings (SSSR count). The fraction of sp³-hybridized carbons (Fsp3) is 0.250. The molecule has 1 saturated carbocycles. The van der Waals surface area contributed by atoms with Crippen molar-refractivity contribution in [3.05, 3.63) is 53.2 Å². The Morgan fingerprint density at radius 1 is 1.22 bits per heavy atom. The van der Waals surface area contributed by atoms with Crippen molar-refractivity contribution < 1.29 is 18.3 Å². The third-order valence-corrected chi connectivity index (χ3v) is 6.75. The van der Waals surface area contributed by atoms with E-state index in [1.807, 2.05) is 6.26 Å². The minimum Gasteiger partial charge on any atom is -0.494 e. The van der Waals surface area contributed by atoms with Crippen molar-refractivity contribution in [2.24, 2.45) is 5.92 Å². The molecule has 9 nitrogen and oxygen atoms in total. The summed E-state index contributed by atoms with van der Waals surface area (Å²) in [6.07, 6.45) is 7.23. The average molecular weight is 540 g/mol. The average Bonchev–Trinajstić information content (AvgIpc) is 3.43. The first-order chi connectivity index (χ1) is 17.9. The summed E-state index contributed by atoms with van der Waals surface area (Å²) in [4.78, 5) is 21.5. The molecule has 4 heterocycles. The quantitative estimate of drug-likeness (QED) is 0.329. The lowest BCUT2D eigenvalue weighted by Crippen LogP contribution is -2.14. The Morgan fingerprint density at radius 3 is 2.76 bits per heavy atom. The van der Waals surface area contributed by atoms with Gasteiger partial charge in [0, 0.05) is 41.3 Å². The Bertz CT molecular complexity index is 1520. The van der Waals surface area contributed by atoms with Crippen LogP contribution in [0.2, 0.25) is 0 Å². The number of hydrogen-bond acceptors (Lipinski definition) is 9. The highest BCUT2D eigenvalue weighted by Crippen LogP contribution is 2.36. The highest BCUT2D eigenvalue weighted by Gasteiger charge is 2.22. The van der Waals surface area contributed by atoms with Crippen molar-refractivity contribution >= 4 is 34.3 Å². The smallest absolute Gasteiger partial charge is 0.280 e. The minimum atomic E-state index is -2.81. The van der Waals surface area contributed by atoms with Gasteiger partial charge in [0.2, 0.25) is 5.13 Å². The SMILES string of the molecule is COc1cnc(C(F)F)cc1-c1cc(-c2cnn(SC)c2)ncc1C(=O)Nc1nnc(C#CC2CC2)s1. The van der Waals surface area contributed by atoms with Crippen LogP contribution in [0, 0.1) is 17.8 Å². The lowest BCUT2D eigenvalue weighted by molar-refractivity contribution is 0.102. The lowest BCUT2D eigenvalue weighted by Gasteiger charge is -2.14. The maximum Gasteiger partial charge on any atom is 0.280 e. The molecule has 0 aliphatic heterocycles. The Kier molecular flexibility index (Phi) is 7.11. The molecule has 0 saturated heterocycles. The number of nitrogens with zero attached hydrogens (tertiary/aromatic N) is 6. The number of amides is 1. The van der Waals surface area contributed by atoms with E-state index in [9.17, 15) is 13.6 Å². The topological polar surface area (TPSA) is 108 Å². The fourth-order valence-electron chi connectivity index (χ4n) is 3.39. The number of nitrogens with one attached hydrogen (secondary N) is 1. The van der Waals surface area contributed by atoms with Gasteiger partial charge in [-0.15, -0.1) is 10.2 Å². The summed E-state index contributed by atoms with van der Waals surface area (Å²) in [7, 11) is 1.40. The predicted octanol–water partition coefficient (Wildman–Crippen LogP) is 4.94. The van der Waals surface area contributed by atoms with E-state index < -0.39 is 18.0 Å². The van der Waals surface area contributed by atoms with Gasteiger partial charge in [-0.25, -0.2) is 12.9 Å². The number of alkyl halides is 2. The normalized spacial score (nSPS) is 12.8. The lowest BCUT2D eigenvalue weighted by atomic mass is 9.98. The molecule has 0 unspecified atom stereocenters. The molecule has 0 aromatic carbocycles. The summed E-state index contributed by atoms with van der Waals surface area (Å²) in [5.74, 6) is 6.17. The van der Waals surface area contributed by atoms with Gasteiger partial charge in [0.15, 0.2) is 5.01 Å². The van der Waals surface area contributed by atoms with Crippen LogP contribution in [0.5, 0.6) is 5.75 Å². The molecule has 188 valence electrons. The molecule has 4 aromatic heterocycles. The number of carbonyl (C=O) groups excluding carboxylic acids is 1. The second-order valence-electron chi connectivity index (χ2n) is 7.95. The maximum absolute atomic E-state index is 13.5. The van der Waals surface area contributed by atoms with Crippen molar-refractivity contribution in [2.75, 3.05) is 18.7 Å². The zero-order valence-corrected chi connectivity index (χ0v) is 21.2. The number of hydrogen-bond donors (Lipinski definition) is 1. The van der Waals surface area contributed by atoms with E-state index in [0.717, 1.165) is 24.2 Å². The standard InChI is InChI=1S/C24H19F2N7O2S2/c1-35-20-11-28-19(22(25)26)8-16(20)15-7-18(14-9-29-33(12-14)36-2)27-10-17(15)23(34)30-24-32-31-21(37-24)6-5-13-3-4-13/h7-13,22H,3-4H2,1-2H3,(H,30,32,34). The van der Waals surface area contributed by atoms with E-state index in [0.29, 0.717) is 27.7 Å². The van der Waals surface area contributed by atoms with E-state index in [1.54, 1.807) is 22.5 Å². The van der Waals surface area contributed by atoms with Crippen LogP contribution in [-0.2, 0) is 0 Å². The van der Waals surface area contributed by atoms with Gasteiger partial charge in [-0.05, 0) is 42.8 Å². The summed E-state index contributed by atoms with van der Waals surface area (Å²) >= 11 is 2.55. The molecule has 13 heteroatoms. The highest BCUT2D eigenvalue weighted by molar-refractivity contribution is 7.97. The van der Waals surface area contributed by atoms with Crippen molar-refractivity contribution in [1.82, 2.24) is 29.4 Å². The summed E-state index contributed by atoms with van der Waals surface area (Å²) in [5.41, 5.74) is 1.47. The Labute approximate surface area is 218 Å². The number of rotatable bonds is 7. The monoisotopic (exact) mass is 539 g/mol. The van der Waals surface area contributed by atoms with Crippen LogP contribution in [-0.4, -0.2) is 48.6 Å². The van der Waals surface area contributed by atoms with Crippen LogP contribution < -0.4 is 10.1 Å². The largest absolute Gasteiger partial charge is 0.494 e. The van der Waals surface area contributed by atoms with Crippen LogP contribution in [0.3, 0.4) is 0 Å². The van der Waals surface area contributed by atoms with Gasteiger partial charge < -0.3 is 4.74 Å². The second kappa shape index (κ2) is 10.6. The zero-order valence-electron chi connectivity index (χ0n) is 19.6. The van der Waals surface area contributed by atoms with Crippen LogP contribution >= 0.6 is 23.3 Å². The Hall–Kier alpha value is -3.89. The molecule has 1 fully saturated rings. The van der Waals surface area contributed by atoms with Crippen molar-refractivity contribution in [3.63, 3.8) is 0 Å². The first kappa shape index (κ1) is 24.8. The number of methoxy groups -OCH3 is 1. The molecule has 37 heavy (non-hydrogen) atoms. The van der Waals surface area contributed by atoms with Crippen LogP contribution in [0.25, 0.3) is 22.4 Å². The van der Waals surface area contributed by atoms with Gasteiger partial charge in [-0.1, -0.05) is 17.3 Å². The predicted molar refractivity (Wildman–Crippen MR) is 137 cm³/mol. The third kappa shape index (κ3) is 5.60. The highest BCUT2D eigenvalue weighted by atomic mass is 32.2. The molecule has 1 aliphatic carbocycles. The second-order valence-corrected chi connectivity index (χ2v) is 9.67. The third-order valence-electron chi connectivity index (χ3n) is 5.42. The van der Waals surface area contributed by atoms with E-state index in [4.69, 9.17) is 4.74 Å². The Balaban J connectivity index is 1.55. The molecule has 4 aromatic rings. The number of anilines is 1. The summed E-state index contributed by atoms with van der Waals surface area (Å²) < 4.78 is 34.1. The van der Waals surface area contributed by atoms with Crippen LogP contribution in [0.15, 0.2) is 36.9 Å². The number of aromatic nitrogens is 6. The van der Waals surface area contributed by atoms with Gasteiger partial charge >= 0.3 is 0 Å². The molecule has 0 radical (unpaired) electrons. The van der Waals surface area contributed by atoms with Gasteiger partial charge in [0.1, 0.15) is 11.4 Å². The molecule has 1 N–H and O–H groups in total. The molecule has 0 atom stereocenters. The van der Waals surface area contributed by atoms with E-state index in [-0.39, 0.29) is 22.0 Å². The van der Waals surface area contributed by atoms with Crippen molar-refractivity contribution in [2.45, 2.75) is 19.3 Å². The first-order valence-electron chi connectivity index (χ1n) is 11.0. The molecular formula is C24H19F2N7O2S2. The zero-order chi connectivity index (χ0) is 25.9. The first-order valence-corrected chi connectivity index (χ1v) is 13.0. The summed E-state index contributed by atoms with van der Waals surface area (Å²) in [6, 6.07) is 2.84. The van der Waals surface area contributed by atoms with E-state index >= 15 is 0 Å². The number of carbonyl (C=O) groups is 1. The maximum atomic E-state index is 13.5. The van der Waals surface area contributed by atoms with E-state index in [1.165, 1.54) is 37.5 Å². The number of pyridine rings is 2. The van der Waals surface area contributed by atoms with Gasteiger partial charge in [-0.2, -0.15) is 5.10 Å². The minimum absolute atomic E-state index is 0.131. The molecule has 1 amide bonds.